The van der Waals surface area contributed by atoms with Crippen LogP contribution in [0.1, 0.15) is 110 Å². The first-order valence-electron chi connectivity index (χ1n) is 10.7. The van der Waals surface area contributed by atoms with Gasteiger partial charge in [-0.1, -0.05) is 76.9 Å². The summed E-state index contributed by atoms with van der Waals surface area (Å²) in [6.07, 6.45) is 25.2. The van der Waals surface area contributed by atoms with Crippen molar-refractivity contribution < 1.29 is 9.53 Å². The van der Waals surface area contributed by atoms with Crippen LogP contribution in [0.25, 0.3) is 0 Å². The third-order valence-corrected chi connectivity index (χ3v) is 4.81. The summed E-state index contributed by atoms with van der Waals surface area (Å²) in [4.78, 5) is 11.3. The van der Waals surface area contributed by atoms with Crippen LogP contribution in [0.15, 0.2) is 12.2 Å². The molecule has 2 nitrogen and oxygen atoms in total. The van der Waals surface area contributed by atoms with Gasteiger partial charge in [-0.3, -0.25) is 4.79 Å². The number of carbonyl (C=O) groups excluding carboxylic acids is 1. The van der Waals surface area contributed by atoms with E-state index in [-0.39, 0.29) is 11.9 Å². The molecule has 0 bridgehead atoms. The van der Waals surface area contributed by atoms with Crippen molar-refractivity contribution in [3.8, 4) is 0 Å². The lowest BCUT2D eigenvalue weighted by atomic mass is 10.1. The van der Waals surface area contributed by atoms with Gasteiger partial charge in [-0.05, 0) is 44.9 Å². The van der Waals surface area contributed by atoms with Gasteiger partial charge >= 0.3 is 5.97 Å². The molecule has 0 radical (unpaired) electrons. The third kappa shape index (κ3) is 13.6. The maximum absolute atomic E-state index is 11.3. The largest absolute Gasteiger partial charge is 0.465 e. The van der Waals surface area contributed by atoms with Crippen molar-refractivity contribution in [2.45, 2.75) is 110 Å². The second-order valence-electron chi connectivity index (χ2n) is 7.38. The predicted molar refractivity (Wildman–Crippen MR) is 103 cm³/mol. The maximum atomic E-state index is 11.3. The third-order valence-electron chi connectivity index (χ3n) is 4.81. The number of hydrogen-bond donors (Lipinski definition) is 0. The highest BCUT2D eigenvalue weighted by molar-refractivity contribution is 5.74. The molecule has 0 saturated heterocycles. The average molecular weight is 337 g/mol. The van der Waals surface area contributed by atoms with Gasteiger partial charge in [0, 0.05) is 0 Å². The van der Waals surface area contributed by atoms with Crippen molar-refractivity contribution in [1.29, 1.82) is 0 Å². The summed E-state index contributed by atoms with van der Waals surface area (Å²) in [5.74, 6) is 0.293. The van der Waals surface area contributed by atoms with Crippen LogP contribution < -0.4 is 0 Å². The zero-order valence-electron chi connectivity index (χ0n) is 16.1. The minimum atomic E-state index is 0.0442. The molecule has 0 atom stereocenters. The highest BCUT2D eigenvalue weighted by atomic mass is 16.5. The maximum Gasteiger partial charge on any atom is 0.308 e. The molecule has 2 heteroatoms. The minimum absolute atomic E-state index is 0.0442. The molecule has 1 fully saturated rings. The van der Waals surface area contributed by atoms with Gasteiger partial charge in [-0.2, -0.15) is 0 Å². The smallest absolute Gasteiger partial charge is 0.308 e. The first kappa shape index (κ1) is 21.3. The molecule has 0 aliphatic heterocycles. The summed E-state index contributed by atoms with van der Waals surface area (Å²) in [6, 6.07) is 0. The van der Waals surface area contributed by atoms with Crippen molar-refractivity contribution in [3.63, 3.8) is 0 Å². The van der Waals surface area contributed by atoms with E-state index in [1.165, 1.54) is 83.5 Å². The van der Waals surface area contributed by atoms with E-state index in [4.69, 9.17) is 4.74 Å². The lowest BCUT2D eigenvalue weighted by Crippen LogP contribution is -2.07. The minimum Gasteiger partial charge on any atom is -0.465 e. The Hall–Kier alpha value is -0.790. The van der Waals surface area contributed by atoms with E-state index < -0.39 is 0 Å². The zero-order valence-corrected chi connectivity index (χ0v) is 16.1. The van der Waals surface area contributed by atoms with E-state index in [1.807, 2.05) is 0 Å². The van der Waals surface area contributed by atoms with Crippen LogP contribution in [-0.4, -0.2) is 12.6 Å². The molecular formula is C22H40O2. The molecule has 1 saturated carbocycles. The molecule has 24 heavy (non-hydrogen) atoms. The number of rotatable bonds is 17. The Kier molecular flexibility index (Phi) is 13.9. The Morgan fingerprint density at radius 2 is 1.29 bits per heavy atom. The summed E-state index contributed by atoms with van der Waals surface area (Å²) in [5, 5.41) is 0. The molecule has 0 spiro atoms. The van der Waals surface area contributed by atoms with Crippen LogP contribution in [0.3, 0.4) is 0 Å². The summed E-state index contributed by atoms with van der Waals surface area (Å²) in [6.45, 7) is 2.91. The summed E-state index contributed by atoms with van der Waals surface area (Å²) in [5.41, 5.74) is 0. The van der Waals surface area contributed by atoms with Gasteiger partial charge < -0.3 is 4.74 Å². The van der Waals surface area contributed by atoms with Gasteiger partial charge in [-0.15, -0.1) is 0 Å². The van der Waals surface area contributed by atoms with Crippen LogP contribution in [0.5, 0.6) is 0 Å². The van der Waals surface area contributed by atoms with Crippen molar-refractivity contribution in [3.05, 3.63) is 12.2 Å². The Bertz CT molecular complexity index is 318. The van der Waals surface area contributed by atoms with Gasteiger partial charge in [0.25, 0.3) is 0 Å². The Labute approximate surface area is 150 Å². The predicted octanol–water partition coefficient (Wildman–Crippen LogP) is 6.98. The van der Waals surface area contributed by atoms with Crippen LogP contribution in [0.2, 0.25) is 0 Å². The van der Waals surface area contributed by atoms with E-state index in [9.17, 15) is 4.79 Å². The summed E-state index contributed by atoms with van der Waals surface area (Å²) in [7, 11) is 0. The van der Waals surface area contributed by atoms with Gasteiger partial charge in [0.1, 0.15) is 0 Å². The van der Waals surface area contributed by atoms with E-state index >= 15 is 0 Å². The Balaban J connectivity index is 1.69. The van der Waals surface area contributed by atoms with Crippen LogP contribution in [0, 0.1) is 5.92 Å². The molecule has 1 aliphatic rings. The molecule has 0 N–H and O–H groups in total. The van der Waals surface area contributed by atoms with Crippen molar-refractivity contribution >= 4 is 5.97 Å². The molecule has 1 rings (SSSR count). The Morgan fingerprint density at radius 1 is 0.792 bits per heavy atom. The number of unbranched alkanes of at least 4 members (excludes halogenated alkanes) is 12. The quantitative estimate of drug-likeness (QED) is 0.163. The number of ether oxygens (including phenoxy) is 1. The van der Waals surface area contributed by atoms with Crippen LogP contribution in [0.4, 0.5) is 0 Å². The lowest BCUT2D eigenvalue weighted by molar-refractivity contribution is -0.145. The summed E-state index contributed by atoms with van der Waals surface area (Å²) < 4.78 is 5.24. The van der Waals surface area contributed by atoms with E-state index in [1.54, 1.807) is 0 Å². The Morgan fingerprint density at radius 3 is 1.83 bits per heavy atom. The monoisotopic (exact) mass is 336 g/mol. The van der Waals surface area contributed by atoms with Gasteiger partial charge in [-0.25, -0.2) is 0 Å². The lowest BCUT2D eigenvalue weighted by Gasteiger charge is -2.03. The average Bonchev–Trinajstić information content (AvgIpc) is 3.42. The van der Waals surface area contributed by atoms with Crippen molar-refractivity contribution in [2.75, 3.05) is 6.61 Å². The molecule has 1 aliphatic carbocycles. The second kappa shape index (κ2) is 15.7. The van der Waals surface area contributed by atoms with E-state index in [0.717, 1.165) is 19.3 Å². The van der Waals surface area contributed by atoms with E-state index in [0.29, 0.717) is 6.61 Å². The molecule has 0 aromatic rings. The van der Waals surface area contributed by atoms with Crippen LogP contribution >= 0.6 is 0 Å². The fourth-order valence-corrected chi connectivity index (χ4v) is 2.96. The summed E-state index contributed by atoms with van der Waals surface area (Å²) >= 11 is 0. The normalized spacial score (nSPS) is 14.4. The topological polar surface area (TPSA) is 26.3 Å². The number of esters is 1. The molecule has 140 valence electrons. The molecule has 0 heterocycles. The highest BCUT2D eigenvalue weighted by Crippen LogP contribution is 2.30. The van der Waals surface area contributed by atoms with Crippen LogP contribution in [-0.2, 0) is 9.53 Å². The second-order valence-corrected chi connectivity index (χ2v) is 7.38. The number of allylic oxidation sites excluding steroid dienone is 2. The molecular weight excluding hydrogens is 296 g/mol. The first-order chi connectivity index (χ1) is 11.8. The van der Waals surface area contributed by atoms with Gasteiger partial charge in [0.05, 0.1) is 12.5 Å². The molecule has 0 aromatic heterocycles. The highest BCUT2D eigenvalue weighted by Gasteiger charge is 2.30. The first-order valence-corrected chi connectivity index (χ1v) is 10.7. The standard InChI is InChI=1S/C22H40O2/c1-2-3-4-5-6-7-8-9-10-11-12-13-14-15-16-17-20-24-22(23)21-18-19-21/h9-10,21H,2-8,11-20H2,1H3/b10-9+. The fourth-order valence-electron chi connectivity index (χ4n) is 2.96. The van der Waals surface area contributed by atoms with Gasteiger partial charge in [0.2, 0.25) is 0 Å². The van der Waals surface area contributed by atoms with E-state index in [2.05, 4.69) is 19.1 Å². The number of hydrogen-bond acceptors (Lipinski definition) is 2. The van der Waals surface area contributed by atoms with Crippen molar-refractivity contribution in [2.24, 2.45) is 5.92 Å². The SMILES string of the molecule is CCCCCCCC/C=C/CCCCCCCCOC(=O)C1CC1. The number of carbonyl (C=O) groups is 1. The fraction of sp³-hybridized carbons (Fsp3) is 0.864. The zero-order chi connectivity index (χ0) is 17.3. The molecule has 0 amide bonds. The molecule has 0 unspecified atom stereocenters. The van der Waals surface area contributed by atoms with Crippen molar-refractivity contribution in [1.82, 2.24) is 0 Å². The molecule has 0 aromatic carbocycles. The van der Waals surface area contributed by atoms with Gasteiger partial charge in [0.15, 0.2) is 0 Å².